The number of Topliss-reactive ketones (excluding diaryl/α,β-unsaturated/α-hetero) is 1. The van der Waals surface area contributed by atoms with Crippen molar-refractivity contribution in [2.24, 2.45) is 0 Å². The SMILES string of the molecule is CNC(=S)N1C(COC(c2ccccc2)(c2ccccc2OC)c2ccccc2OC)CC(O)C1C(C)=O. The first-order valence-electron chi connectivity index (χ1n) is 12.5. The number of ketones is 1. The van der Waals surface area contributed by atoms with E-state index in [-0.39, 0.29) is 18.4 Å². The molecule has 3 atom stereocenters. The number of nitrogens with zero attached hydrogens (tertiary/aromatic N) is 1. The standard InChI is InChI=1S/C30H34N2O5S/c1-20(33)28-25(34)18-22(32(28)29(38)31-2)19-37-30(21-12-6-5-7-13-21,23-14-8-10-16-26(23)35-3)24-15-9-11-17-27(24)36-4/h5-17,22,25,28,34H,18-19H2,1-4H3,(H,31,38). The molecule has 38 heavy (non-hydrogen) atoms. The molecule has 0 amide bonds. The Morgan fingerprint density at radius 1 is 0.974 bits per heavy atom. The summed E-state index contributed by atoms with van der Waals surface area (Å²) in [4.78, 5) is 14.3. The lowest BCUT2D eigenvalue weighted by molar-refractivity contribution is -0.122. The Hall–Kier alpha value is -3.46. The minimum absolute atomic E-state index is 0.152. The van der Waals surface area contributed by atoms with Gasteiger partial charge in [-0.3, -0.25) is 4.79 Å². The molecule has 0 aliphatic carbocycles. The van der Waals surface area contributed by atoms with Gasteiger partial charge in [-0.1, -0.05) is 66.7 Å². The van der Waals surface area contributed by atoms with Crippen LogP contribution in [0.4, 0.5) is 0 Å². The molecule has 3 unspecified atom stereocenters. The quantitative estimate of drug-likeness (QED) is 0.316. The fraction of sp³-hybridized carbons (Fsp3) is 0.333. The minimum Gasteiger partial charge on any atom is -0.496 e. The van der Waals surface area contributed by atoms with Crippen LogP contribution < -0.4 is 14.8 Å². The highest BCUT2D eigenvalue weighted by molar-refractivity contribution is 7.80. The number of nitrogens with one attached hydrogen (secondary N) is 1. The van der Waals surface area contributed by atoms with Gasteiger partial charge in [0.2, 0.25) is 0 Å². The molecule has 3 aromatic rings. The molecular formula is C30H34N2O5S. The summed E-state index contributed by atoms with van der Waals surface area (Å²) >= 11 is 5.56. The number of likely N-dealkylation sites (tertiary alicyclic amines) is 1. The van der Waals surface area contributed by atoms with Crippen LogP contribution in [-0.2, 0) is 15.1 Å². The summed E-state index contributed by atoms with van der Waals surface area (Å²) in [6.45, 7) is 1.63. The van der Waals surface area contributed by atoms with Crippen molar-refractivity contribution in [2.45, 2.75) is 37.1 Å². The monoisotopic (exact) mass is 534 g/mol. The molecule has 3 aromatic carbocycles. The fourth-order valence-corrected chi connectivity index (χ4v) is 5.69. The molecule has 1 saturated heterocycles. The largest absolute Gasteiger partial charge is 0.496 e. The Bertz CT molecular complexity index is 1220. The van der Waals surface area contributed by atoms with Gasteiger partial charge in [-0.2, -0.15) is 0 Å². The molecule has 1 aliphatic heterocycles. The van der Waals surface area contributed by atoms with Gasteiger partial charge in [0.1, 0.15) is 17.5 Å². The first-order chi connectivity index (χ1) is 18.4. The van der Waals surface area contributed by atoms with Crippen LogP contribution in [0.15, 0.2) is 78.9 Å². The van der Waals surface area contributed by atoms with Crippen LogP contribution >= 0.6 is 12.2 Å². The van der Waals surface area contributed by atoms with Gasteiger partial charge in [0.15, 0.2) is 16.5 Å². The molecule has 8 heteroatoms. The number of aliphatic hydroxyl groups excluding tert-OH is 1. The van der Waals surface area contributed by atoms with Crippen molar-refractivity contribution in [2.75, 3.05) is 27.9 Å². The molecule has 0 radical (unpaired) electrons. The molecule has 1 fully saturated rings. The summed E-state index contributed by atoms with van der Waals surface area (Å²) in [6, 6.07) is 24.3. The summed E-state index contributed by atoms with van der Waals surface area (Å²) in [6.07, 6.45) is -0.537. The lowest BCUT2D eigenvalue weighted by Gasteiger charge is -2.39. The fourth-order valence-electron chi connectivity index (χ4n) is 5.43. The zero-order chi connectivity index (χ0) is 27.3. The molecule has 1 aliphatic rings. The lowest BCUT2D eigenvalue weighted by Crippen LogP contribution is -2.52. The average Bonchev–Trinajstić information content (AvgIpc) is 3.30. The number of methoxy groups -OCH3 is 2. The summed E-state index contributed by atoms with van der Waals surface area (Å²) in [7, 11) is 4.98. The smallest absolute Gasteiger partial charge is 0.169 e. The first-order valence-corrected chi connectivity index (χ1v) is 12.9. The van der Waals surface area contributed by atoms with Gasteiger partial charge in [0, 0.05) is 18.2 Å². The van der Waals surface area contributed by atoms with E-state index < -0.39 is 17.7 Å². The third-order valence-electron chi connectivity index (χ3n) is 7.08. The Kier molecular flexibility index (Phi) is 8.66. The van der Waals surface area contributed by atoms with Gasteiger partial charge in [0.25, 0.3) is 0 Å². The van der Waals surface area contributed by atoms with Crippen LogP contribution in [0.1, 0.15) is 30.0 Å². The van der Waals surface area contributed by atoms with Gasteiger partial charge in [-0.25, -0.2) is 0 Å². The van der Waals surface area contributed by atoms with Crippen molar-refractivity contribution in [3.05, 3.63) is 95.6 Å². The van der Waals surface area contributed by atoms with Crippen molar-refractivity contribution in [1.82, 2.24) is 10.2 Å². The van der Waals surface area contributed by atoms with Crippen LogP contribution in [0.5, 0.6) is 11.5 Å². The molecule has 0 saturated carbocycles. The number of benzene rings is 3. The summed E-state index contributed by atoms with van der Waals surface area (Å²) in [5, 5.41) is 14.2. The van der Waals surface area contributed by atoms with Crippen LogP contribution in [0.3, 0.4) is 0 Å². The van der Waals surface area contributed by atoms with Gasteiger partial charge in [-0.15, -0.1) is 0 Å². The van der Waals surface area contributed by atoms with E-state index in [1.807, 2.05) is 78.9 Å². The second kappa shape index (κ2) is 11.9. The summed E-state index contributed by atoms with van der Waals surface area (Å²) in [5.74, 6) is 1.15. The number of hydrogen-bond acceptors (Lipinski definition) is 6. The molecule has 2 N–H and O–H groups in total. The highest BCUT2D eigenvalue weighted by Crippen LogP contribution is 2.48. The zero-order valence-corrected chi connectivity index (χ0v) is 22.9. The molecule has 7 nitrogen and oxygen atoms in total. The van der Waals surface area contributed by atoms with Crippen molar-refractivity contribution in [3.8, 4) is 11.5 Å². The highest BCUT2D eigenvalue weighted by atomic mass is 32.1. The maximum atomic E-state index is 12.5. The second-order valence-corrected chi connectivity index (χ2v) is 9.62. The Balaban J connectivity index is 1.91. The zero-order valence-electron chi connectivity index (χ0n) is 22.1. The third kappa shape index (κ3) is 4.99. The minimum atomic E-state index is -1.15. The van der Waals surface area contributed by atoms with E-state index in [4.69, 9.17) is 26.4 Å². The van der Waals surface area contributed by atoms with Crippen LogP contribution in [0.25, 0.3) is 0 Å². The number of carbonyl (C=O) groups excluding carboxylic acids is 1. The van der Waals surface area contributed by atoms with Crippen molar-refractivity contribution in [1.29, 1.82) is 0 Å². The van der Waals surface area contributed by atoms with Crippen molar-refractivity contribution in [3.63, 3.8) is 0 Å². The molecule has 200 valence electrons. The molecule has 4 rings (SSSR count). The van der Waals surface area contributed by atoms with E-state index in [0.717, 1.165) is 16.7 Å². The van der Waals surface area contributed by atoms with E-state index in [2.05, 4.69) is 5.32 Å². The normalized spacial score (nSPS) is 19.2. The summed E-state index contributed by atoms with van der Waals surface area (Å²) < 4.78 is 18.7. The number of hydrogen-bond donors (Lipinski definition) is 2. The number of thiocarbonyl (C=S) groups is 1. The average molecular weight is 535 g/mol. The van der Waals surface area contributed by atoms with E-state index in [1.165, 1.54) is 6.92 Å². The number of rotatable bonds is 9. The van der Waals surface area contributed by atoms with E-state index in [0.29, 0.717) is 23.0 Å². The van der Waals surface area contributed by atoms with Crippen molar-refractivity contribution >= 4 is 23.1 Å². The number of aliphatic hydroxyl groups is 1. The first kappa shape index (κ1) is 27.6. The number of carbonyl (C=O) groups is 1. The predicted molar refractivity (Wildman–Crippen MR) is 151 cm³/mol. The molecule has 0 bridgehead atoms. The second-order valence-electron chi connectivity index (χ2n) is 9.23. The molecule has 0 spiro atoms. The molecule has 1 heterocycles. The summed E-state index contributed by atoms with van der Waals surface area (Å²) in [5.41, 5.74) is 1.32. The maximum absolute atomic E-state index is 12.5. The highest BCUT2D eigenvalue weighted by Gasteiger charge is 2.47. The van der Waals surface area contributed by atoms with Crippen LogP contribution in [-0.4, -0.2) is 67.0 Å². The van der Waals surface area contributed by atoms with Gasteiger partial charge < -0.3 is 29.5 Å². The topological polar surface area (TPSA) is 80.3 Å². The van der Waals surface area contributed by atoms with E-state index >= 15 is 0 Å². The van der Waals surface area contributed by atoms with Crippen LogP contribution in [0, 0.1) is 0 Å². The molecular weight excluding hydrogens is 500 g/mol. The molecule has 0 aromatic heterocycles. The van der Waals surface area contributed by atoms with Crippen LogP contribution in [0.2, 0.25) is 0 Å². The number of ether oxygens (including phenoxy) is 3. The Labute approximate surface area is 229 Å². The number of para-hydroxylation sites is 2. The van der Waals surface area contributed by atoms with E-state index in [9.17, 15) is 9.90 Å². The lowest BCUT2D eigenvalue weighted by atomic mass is 9.79. The van der Waals surface area contributed by atoms with Gasteiger partial charge in [0.05, 0.1) is 33.0 Å². The maximum Gasteiger partial charge on any atom is 0.169 e. The predicted octanol–water partition coefficient (Wildman–Crippen LogP) is 3.91. The van der Waals surface area contributed by atoms with Crippen molar-refractivity contribution < 1.29 is 24.1 Å². The van der Waals surface area contributed by atoms with Gasteiger partial charge >= 0.3 is 0 Å². The Morgan fingerprint density at radius 2 is 1.50 bits per heavy atom. The van der Waals surface area contributed by atoms with Gasteiger partial charge in [-0.05, 0) is 43.3 Å². The van der Waals surface area contributed by atoms with E-state index in [1.54, 1.807) is 26.2 Å². The Morgan fingerprint density at radius 3 is 2.00 bits per heavy atom. The third-order valence-corrected chi connectivity index (χ3v) is 7.50.